The molecule has 1 aliphatic carbocycles. The fourth-order valence-electron chi connectivity index (χ4n) is 3.57. The van der Waals surface area contributed by atoms with Gasteiger partial charge in [0.25, 0.3) is 5.91 Å². The molecule has 0 unspecified atom stereocenters. The van der Waals surface area contributed by atoms with Gasteiger partial charge >= 0.3 is 0 Å². The summed E-state index contributed by atoms with van der Waals surface area (Å²) in [5.74, 6) is -0.0698. The van der Waals surface area contributed by atoms with Crippen molar-refractivity contribution in [3.63, 3.8) is 0 Å². The minimum Gasteiger partial charge on any atom is -0.349 e. The molecular weight excluding hydrogens is 312 g/mol. The maximum absolute atomic E-state index is 12.7. The van der Waals surface area contributed by atoms with Crippen LogP contribution in [0.3, 0.4) is 0 Å². The van der Waals surface area contributed by atoms with E-state index in [-0.39, 0.29) is 11.9 Å². The van der Waals surface area contributed by atoms with Gasteiger partial charge in [-0.1, -0.05) is 56.0 Å². The molecule has 1 aromatic carbocycles. The van der Waals surface area contributed by atoms with Gasteiger partial charge < -0.3 is 5.32 Å². The first-order valence-electron chi connectivity index (χ1n) is 9.02. The molecule has 128 valence electrons. The Morgan fingerprint density at radius 2 is 1.80 bits per heavy atom. The van der Waals surface area contributed by atoms with Crippen molar-refractivity contribution in [2.75, 3.05) is 0 Å². The fourth-order valence-corrected chi connectivity index (χ4v) is 3.57. The molecular formula is C20H22N4O. The summed E-state index contributed by atoms with van der Waals surface area (Å²) in [6.07, 6.45) is 10.4. The SMILES string of the molecule is O=C(NC1CCCCCC1)c1cnn2c(-c3ccccc3)ccnc12. The number of hydrogen-bond acceptors (Lipinski definition) is 3. The Morgan fingerprint density at radius 1 is 1.04 bits per heavy atom. The summed E-state index contributed by atoms with van der Waals surface area (Å²) in [6, 6.07) is 12.2. The second kappa shape index (κ2) is 7.05. The van der Waals surface area contributed by atoms with Crippen LogP contribution < -0.4 is 5.32 Å². The smallest absolute Gasteiger partial charge is 0.256 e. The Hall–Kier alpha value is -2.69. The molecule has 0 bridgehead atoms. The first-order valence-corrected chi connectivity index (χ1v) is 9.02. The predicted molar refractivity (Wildman–Crippen MR) is 97.4 cm³/mol. The van der Waals surface area contributed by atoms with Gasteiger partial charge in [0.15, 0.2) is 5.65 Å². The van der Waals surface area contributed by atoms with E-state index in [4.69, 9.17) is 0 Å². The monoisotopic (exact) mass is 334 g/mol. The van der Waals surface area contributed by atoms with Crippen molar-refractivity contribution < 1.29 is 4.79 Å². The van der Waals surface area contributed by atoms with Crippen LogP contribution in [0.4, 0.5) is 0 Å². The van der Waals surface area contributed by atoms with Crippen molar-refractivity contribution in [3.8, 4) is 11.3 Å². The average molecular weight is 334 g/mol. The molecule has 5 nitrogen and oxygen atoms in total. The first kappa shape index (κ1) is 15.8. The number of rotatable bonds is 3. The number of nitrogens with one attached hydrogen (secondary N) is 1. The molecule has 1 saturated carbocycles. The lowest BCUT2D eigenvalue weighted by Gasteiger charge is -2.15. The molecule has 3 aromatic rings. The van der Waals surface area contributed by atoms with Crippen LogP contribution >= 0.6 is 0 Å². The van der Waals surface area contributed by atoms with Gasteiger partial charge in [0.1, 0.15) is 5.56 Å². The van der Waals surface area contributed by atoms with E-state index in [1.165, 1.54) is 25.7 Å². The Morgan fingerprint density at radius 3 is 2.56 bits per heavy atom. The third kappa shape index (κ3) is 3.27. The van der Waals surface area contributed by atoms with E-state index < -0.39 is 0 Å². The molecule has 25 heavy (non-hydrogen) atoms. The summed E-state index contributed by atoms with van der Waals surface area (Å²) in [4.78, 5) is 17.1. The third-order valence-corrected chi connectivity index (χ3v) is 4.91. The van der Waals surface area contributed by atoms with Crippen LogP contribution in [0.5, 0.6) is 0 Å². The second-order valence-electron chi connectivity index (χ2n) is 6.65. The summed E-state index contributed by atoms with van der Waals surface area (Å²) in [5, 5.41) is 7.60. The van der Waals surface area contributed by atoms with Crippen molar-refractivity contribution >= 4 is 11.6 Å². The van der Waals surface area contributed by atoms with Crippen molar-refractivity contribution in [2.45, 2.75) is 44.6 Å². The molecule has 2 heterocycles. The Kier molecular flexibility index (Phi) is 4.46. The number of nitrogens with zero attached hydrogens (tertiary/aromatic N) is 3. The second-order valence-corrected chi connectivity index (χ2v) is 6.65. The predicted octanol–water partition coefficient (Wildman–Crippen LogP) is 3.85. The third-order valence-electron chi connectivity index (χ3n) is 4.91. The summed E-state index contributed by atoms with van der Waals surface area (Å²) < 4.78 is 1.75. The van der Waals surface area contributed by atoms with Crippen LogP contribution in [0.2, 0.25) is 0 Å². The quantitative estimate of drug-likeness (QED) is 0.740. The minimum atomic E-state index is -0.0698. The number of amides is 1. The van der Waals surface area contributed by atoms with E-state index in [2.05, 4.69) is 15.4 Å². The van der Waals surface area contributed by atoms with E-state index in [1.54, 1.807) is 16.9 Å². The molecule has 0 saturated heterocycles. The highest BCUT2D eigenvalue weighted by atomic mass is 16.1. The highest BCUT2D eigenvalue weighted by Crippen LogP contribution is 2.21. The lowest BCUT2D eigenvalue weighted by atomic mass is 10.1. The van der Waals surface area contributed by atoms with Crippen LogP contribution in [0.1, 0.15) is 48.9 Å². The van der Waals surface area contributed by atoms with Crippen LogP contribution in [0.15, 0.2) is 48.8 Å². The molecule has 0 aliphatic heterocycles. The van der Waals surface area contributed by atoms with Crippen LogP contribution in [0.25, 0.3) is 16.9 Å². The maximum Gasteiger partial charge on any atom is 0.256 e. The van der Waals surface area contributed by atoms with Gasteiger partial charge in [0.2, 0.25) is 0 Å². The van der Waals surface area contributed by atoms with Gasteiger partial charge in [0, 0.05) is 17.8 Å². The Labute approximate surface area is 147 Å². The molecule has 1 N–H and O–H groups in total. The van der Waals surface area contributed by atoms with Gasteiger partial charge in [-0.25, -0.2) is 9.50 Å². The van der Waals surface area contributed by atoms with Gasteiger partial charge in [-0.05, 0) is 18.9 Å². The lowest BCUT2D eigenvalue weighted by Crippen LogP contribution is -2.34. The van der Waals surface area contributed by atoms with Gasteiger partial charge in [-0.3, -0.25) is 4.79 Å². The molecule has 0 radical (unpaired) electrons. The molecule has 0 spiro atoms. The summed E-state index contributed by atoms with van der Waals surface area (Å²) in [5.41, 5.74) is 3.13. The molecule has 1 amide bonds. The highest BCUT2D eigenvalue weighted by molar-refractivity contribution is 6.00. The fraction of sp³-hybridized carbons (Fsp3) is 0.350. The van der Waals surface area contributed by atoms with E-state index in [1.807, 2.05) is 36.4 Å². The summed E-state index contributed by atoms with van der Waals surface area (Å²) in [6.45, 7) is 0. The minimum absolute atomic E-state index is 0.0698. The lowest BCUT2D eigenvalue weighted by molar-refractivity contribution is 0.0935. The first-order chi connectivity index (χ1) is 12.3. The van der Waals surface area contributed by atoms with Crippen molar-refractivity contribution in [1.82, 2.24) is 19.9 Å². The standard InChI is InChI=1S/C20H22N4O/c25-20(23-16-10-6-1-2-7-11-16)17-14-22-24-18(12-13-21-19(17)24)15-8-4-3-5-9-15/h3-5,8-9,12-14,16H,1-2,6-7,10-11H2,(H,23,25). The van der Waals surface area contributed by atoms with E-state index in [0.29, 0.717) is 11.2 Å². The van der Waals surface area contributed by atoms with E-state index >= 15 is 0 Å². The zero-order valence-corrected chi connectivity index (χ0v) is 14.2. The number of aromatic nitrogens is 3. The number of fused-ring (bicyclic) bond motifs is 1. The molecule has 0 atom stereocenters. The Balaban J connectivity index is 1.63. The van der Waals surface area contributed by atoms with Crippen molar-refractivity contribution in [1.29, 1.82) is 0 Å². The summed E-state index contributed by atoms with van der Waals surface area (Å²) in [7, 11) is 0. The van der Waals surface area contributed by atoms with E-state index in [9.17, 15) is 4.79 Å². The van der Waals surface area contributed by atoms with Crippen molar-refractivity contribution in [2.24, 2.45) is 0 Å². The van der Waals surface area contributed by atoms with Crippen LogP contribution in [-0.2, 0) is 0 Å². The van der Waals surface area contributed by atoms with Gasteiger partial charge in [-0.15, -0.1) is 0 Å². The topological polar surface area (TPSA) is 59.3 Å². The largest absolute Gasteiger partial charge is 0.349 e. The number of carbonyl (C=O) groups is 1. The zero-order chi connectivity index (χ0) is 17.1. The summed E-state index contributed by atoms with van der Waals surface area (Å²) >= 11 is 0. The molecule has 1 aliphatic rings. The highest BCUT2D eigenvalue weighted by Gasteiger charge is 2.20. The van der Waals surface area contributed by atoms with Crippen LogP contribution in [-0.4, -0.2) is 26.5 Å². The average Bonchev–Trinajstić information content (AvgIpc) is 2.93. The molecule has 1 fully saturated rings. The normalized spacial score (nSPS) is 15.8. The number of benzene rings is 1. The van der Waals surface area contributed by atoms with Crippen LogP contribution in [0, 0.1) is 0 Å². The maximum atomic E-state index is 12.7. The number of hydrogen-bond donors (Lipinski definition) is 1. The van der Waals surface area contributed by atoms with E-state index in [0.717, 1.165) is 24.1 Å². The Bertz CT molecular complexity index is 864. The number of carbonyl (C=O) groups excluding carboxylic acids is 1. The van der Waals surface area contributed by atoms with Gasteiger partial charge in [0.05, 0.1) is 11.9 Å². The molecule has 4 rings (SSSR count). The van der Waals surface area contributed by atoms with Gasteiger partial charge in [-0.2, -0.15) is 5.10 Å². The molecule has 5 heteroatoms. The van der Waals surface area contributed by atoms with Crippen molar-refractivity contribution in [3.05, 3.63) is 54.4 Å². The molecule has 2 aromatic heterocycles. The zero-order valence-electron chi connectivity index (χ0n) is 14.2.